The van der Waals surface area contributed by atoms with Gasteiger partial charge < -0.3 is 20.8 Å². The number of nitrogens with one attached hydrogen (secondary N) is 2. The number of amides is 4. The molecule has 1 rings (SSSR count). The Morgan fingerprint density at radius 2 is 2.05 bits per heavy atom. The molecule has 0 aliphatic carbocycles. The lowest BCUT2D eigenvalue weighted by molar-refractivity contribution is -0.130. The number of nitrogens with zero attached hydrogens (tertiary/aromatic N) is 1. The molecule has 0 aromatic carbocycles. The third-order valence-electron chi connectivity index (χ3n) is 3.01. The first-order valence-corrected chi connectivity index (χ1v) is 6.33. The van der Waals surface area contributed by atoms with Crippen LogP contribution < -0.4 is 10.6 Å². The highest BCUT2D eigenvalue weighted by atomic mass is 16.3. The van der Waals surface area contributed by atoms with Crippen LogP contribution in [0.4, 0.5) is 4.79 Å². The van der Waals surface area contributed by atoms with E-state index in [2.05, 4.69) is 10.6 Å². The average Bonchev–Trinajstić information content (AvgIpc) is 2.54. The fraction of sp³-hybridized carbons (Fsp3) is 0.750. The lowest BCUT2D eigenvalue weighted by atomic mass is 10.1. The zero-order valence-corrected chi connectivity index (χ0v) is 11.9. The highest BCUT2D eigenvalue weighted by Crippen LogP contribution is 2.16. The number of aliphatic hydroxyl groups excluding tert-OH is 1. The Morgan fingerprint density at radius 3 is 2.50 bits per heavy atom. The number of carbonyl (C=O) groups excluding carboxylic acids is 3. The van der Waals surface area contributed by atoms with Crippen molar-refractivity contribution in [2.75, 3.05) is 19.7 Å². The van der Waals surface area contributed by atoms with Crippen LogP contribution in [0.3, 0.4) is 0 Å². The molecule has 1 aliphatic rings. The van der Waals surface area contributed by atoms with Gasteiger partial charge in [0.25, 0.3) is 5.91 Å². The predicted molar refractivity (Wildman–Crippen MR) is 69.7 cm³/mol. The quantitative estimate of drug-likeness (QED) is 0.446. The van der Waals surface area contributed by atoms with E-state index in [0.717, 1.165) is 4.90 Å². The molecule has 0 aromatic rings. The number of urea groups is 1. The van der Waals surface area contributed by atoms with Crippen molar-refractivity contribution in [1.29, 1.82) is 0 Å². The maximum absolute atomic E-state index is 11.9. The maximum Gasteiger partial charge on any atom is 0.325 e. The molecule has 4 amide bonds. The molecule has 1 fully saturated rings. The standard InChI is InChI=1S/C12H21N3O5/c1-11(2)9(18)15(10(19)14-11)5-4-8(17)13-6-12(3,20)7-16/h16,20H,4-7H2,1-3H3,(H,13,17)(H,14,19). The number of hydrogen-bond acceptors (Lipinski definition) is 5. The van der Waals surface area contributed by atoms with Crippen LogP contribution >= 0.6 is 0 Å². The van der Waals surface area contributed by atoms with Crippen LogP contribution in [0.2, 0.25) is 0 Å². The molecule has 1 aliphatic heterocycles. The van der Waals surface area contributed by atoms with Crippen LogP contribution in [0.5, 0.6) is 0 Å². The van der Waals surface area contributed by atoms with Crippen molar-refractivity contribution in [2.24, 2.45) is 0 Å². The minimum absolute atomic E-state index is 0.0266. The van der Waals surface area contributed by atoms with Crippen molar-refractivity contribution in [3.05, 3.63) is 0 Å². The molecule has 114 valence electrons. The van der Waals surface area contributed by atoms with Gasteiger partial charge in [0.15, 0.2) is 0 Å². The van der Waals surface area contributed by atoms with E-state index in [4.69, 9.17) is 5.11 Å². The molecule has 8 heteroatoms. The van der Waals surface area contributed by atoms with Crippen molar-refractivity contribution >= 4 is 17.8 Å². The van der Waals surface area contributed by atoms with E-state index in [1.165, 1.54) is 6.92 Å². The molecule has 0 bridgehead atoms. The summed E-state index contributed by atoms with van der Waals surface area (Å²) in [6, 6.07) is -0.518. The van der Waals surface area contributed by atoms with Gasteiger partial charge in [-0.2, -0.15) is 0 Å². The summed E-state index contributed by atoms with van der Waals surface area (Å²) in [7, 11) is 0. The molecule has 1 saturated heterocycles. The molecule has 0 radical (unpaired) electrons. The van der Waals surface area contributed by atoms with Crippen LogP contribution in [0.1, 0.15) is 27.2 Å². The van der Waals surface area contributed by atoms with Gasteiger partial charge in [-0.1, -0.05) is 0 Å². The summed E-state index contributed by atoms with van der Waals surface area (Å²) < 4.78 is 0. The zero-order chi connectivity index (χ0) is 15.6. The molecule has 1 unspecified atom stereocenters. The summed E-state index contributed by atoms with van der Waals surface area (Å²) in [6.07, 6.45) is -0.0588. The molecule has 1 atom stereocenters. The van der Waals surface area contributed by atoms with Gasteiger partial charge in [-0.3, -0.25) is 14.5 Å². The molecule has 0 spiro atoms. The molecule has 0 aromatic heterocycles. The molecule has 0 saturated carbocycles. The van der Waals surface area contributed by atoms with Gasteiger partial charge >= 0.3 is 6.03 Å². The minimum atomic E-state index is -1.39. The van der Waals surface area contributed by atoms with Crippen molar-refractivity contribution in [2.45, 2.75) is 38.3 Å². The number of carbonyl (C=O) groups is 3. The summed E-state index contributed by atoms with van der Waals surface area (Å²) in [4.78, 5) is 36.0. The van der Waals surface area contributed by atoms with E-state index < -0.39 is 29.7 Å². The van der Waals surface area contributed by atoms with Crippen molar-refractivity contribution in [3.8, 4) is 0 Å². The Kier molecular flexibility index (Phi) is 4.72. The van der Waals surface area contributed by atoms with E-state index in [-0.39, 0.29) is 25.4 Å². The first-order valence-electron chi connectivity index (χ1n) is 6.33. The highest BCUT2D eigenvalue weighted by molar-refractivity contribution is 6.06. The Labute approximate surface area is 117 Å². The smallest absolute Gasteiger partial charge is 0.325 e. The minimum Gasteiger partial charge on any atom is -0.393 e. The van der Waals surface area contributed by atoms with Crippen LogP contribution in [-0.4, -0.2) is 63.8 Å². The third-order valence-corrected chi connectivity index (χ3v) is 3.01. The number of aliphatic hydroxyl groups is 2. The normalized spacial score (nSPS) is 20.6. The SMILES string of the molecule is CC(O)(CO)CNC(=O)CCN1C(=O)NC(C)(C)C1=O. The van der Waals surface area contributed by atoms with E-state index in [1.54, 1.807) is 13.8 Å². The van der Waals surface area contributed by atoms with Crippen molar-refractivity contribution in [1.82, 2.24) is 15.5 Å². The first-order chi connectivity index (χ1) is 9.09. The monoisotopic (exact) mass is 287 g/mol. The van der Waals surface area contributed by atoms with Crippen LogP contribution in [0, 0.1) is 0 Å². The van der Waals surface area contributed by atoms with E-state index in [1.807, 2.05) is 0 Å². The third kappa shape index (κ3) is 3.91. The largest absolute Gasteiger partial charge is 0.393 e. The Bertz CT molecular complexity index is 419. The Hall–Kier alpha value is -1.67. The lowest BCUT2D eigenvalue weighted by Crippen LogP contribution is -2.44. The summed E-state index contributed by atoms with van der Waals surface area (Å²) in [5, 5.41) is 23.3. The summed E-state index contributed by atoms with van der Waals surface area (Å²) in [5.74, 6) is -0.790. The molecular weight excluding hydrogens is 266 g/mol. The summed E-state index contributed by atoms with van der Waals surface area (Å²) >= 11 is 0. The van der Waals surface area contributed by atoms with Crippen molar-refractivity contribution in [3.63, 3.8) is 0 Å². The van der Waals surface area contributed by atoms with Gasteiger partial charge in [0.05, 0.1) is 6.61 Å². The molecule has 4 N–H and O–H groups in total. The molecule has 8 nitrogen and oxygen atoms in total. The highest BCUT2D eigenvalue weighted by Gasteiger charge is 2.43. The number of hydrogen-bond donors (Lipinski definition) is 4. The van der Waals surface area contributed by atoms with Gasteiger partial charge in [-0.05, 0) is 20.8 Å². The average molecular weight is 287 g/mol. The number of imide groups is 1. The van der Waals surface area contributed by atoms with Crippen molar-refractivity contribution < 1.29 is 24.6 Å². The van der Waals surface area contributed by atoms with Crippen LogP contribution in [0.25, 0.3) is 0 Å². The second-order valence-corrected chi connectivity index (χ2v) is 5.69. The molecule has 20 heavy (non-hydrogen) atoms. The second kappa shape index (κ2) is 5.76. The van der Waals surface area contributed by atoms with Gasteiger partial charge in [0.2, 0.25) is 5.91 Å². The van der Waals surface area contributed by atoms with E-state index in [0.29, 0.717) is 0 Å². The van der Waals surface area contributed by atoms with Gasteiger partial charge in [-0.15, -0.1) is 0 Å². The Balaban J connectivity index is 2.42. The fourth-order valence-electron chi connectivity index (χ4n) is 1.67. The Morgan fingerprint density at radius 1 is 1.45 bits per heavy atom. The summed E-state index contributed by atoms with van der Waals surface area (Å²) in [6.45, 7) is 3.95. The van der Waals surface area contributed by atoms with E-state index in [9.17, 15) is 19.5 Å². The van der Waals surface area contributed by atoms with Gasteiger partial charge in [-0.25, -0.2) is 4.79 Å². The second-order valence-electron chi connectivity index (χ2n) is 5.69. The zero-order valence-electron chi connectivity index (χ0n) is 11.9. The fourth-order valence-corrected chi connectivity index (χ4v) is 1.67. The van der Waals surface area contributed by atoms with Crippen LogP contribution in [0.15, 0.2) is 0 Å². The molecular formula is C12H21N3O5. The topological polar surface area (TPSA) is 119 Å². The molecule has 1 heterocycles. The van der Waals surface area contributed by atoms with Gasteiger partial charge in [0, 0.05) is 19.5 Å². The van der Waals surface area contributed by atoms with E-state index >= 15 is 0 Å². The maximum atomic E-state index is 11.9. The lowest BCUT2D eigenvalue weighted by Gasteiger charge is -2.21. The summed E-state index contributed by atoms with van der Waals surface area (Å²) in [5.41, 5.74) is -2.34. The van der Waals surface area contributed by atoms with Gasteiger partial charge in [0.1, 0.15) is 11.1 Å². The number of rotatable bonds is 6. The first kappa shape index (κ1) is 16.4. The van der Waals surface area contributed by atoms with Crippen LogP contribution in [-0.2, 0) is 9.59 Å². The predicted octanol–water partition coefficient (Wildman–Crippen LogP) is -1.43.